The Morgan fingerprint density at radius 2 is 1.88 bits per heavy atom. The van der Waals surface area contributed by atoms with E-state index in [1.165, 1.54) is 0 Å². The monoisotopic (exact) mass is 367 g/mol. The Hall–Kier alpha value is -3.12. The van der Waals surface area contributed by atoms with Crippen molar-refractivity contribution >= 4 is 33.4 Å². The lowest BCUT2D eigenvalue weighted by Gasteiger charge is -2.09. The van der Waals surface area contributed by atoms with Gasteiger partial charge >= 0.3 is 0 Å². The van der Waals surface area contributed by atoms with Gasteiger partial charge in [-0.2, -0.15) is 0 Å². The van der Waals surface area contributed by atoms with E-state index in [4.69, 9.17) is 11.6 Å². The maximum atomic E-state index is 12.8. The van der Waals surface area contributed by atoms with Crippen molar-refractivity contribution in [3.63, 3.8) is 0 Å². The topological polar surface area (TPSA) is 88.0 Å². The Morgan fingerprint density at radius 3 is 2.65 bits per heavy atom. The Morgan fingerprint density at radius 1 is 1.12 bits per heavy atom. The quantitative estimate of drug-likeness (QED) is 0.545. The number of pyridine rings is 1. The minimum atomic E-state index is -0.535. The highest BCUT2D eigenvalue weighted by Gasteiger charge is 2.16. The first-order valence-corrected chi connectivity index (χ1v) is 8.41. The van der Waals surface area contributed by atoms with Crippen molar-refractivity contribution in [2.75, 3.05) is 0 Å². The molecule has 0 saturated carbocycles. The number of hydrogen-bond acceptors (Lipinski definition) is 4. The molecule has 0 radical (unpaired) electrons. The third-order valence-electron chi connectivity index (χ3n) is 4.31. The van der Waals surface area contributed by atoms with Gasteiger partial charge in [-0.15, -0.1) is 5.10 Å². The maximum absolute atomic E-state index is 12.8. The van der Waals surface area contributed by atoms with Crippen LogP contribution in [-0.4, -0.2) is 19.9 Å². The van der Waals surface area contributed by atoms with E-state index < -0.39 is 16.9 Å². The smallest absolute Gasteiger partial charge is 0.280 e. The number of hydrogen-bond donors (Lipinski definition) is 2. The predicted molar refractivity (Wildman–Crippen MR) is 101 cm³/mol. The first-order valence-electron chi connectivity index (χ1n) is 8.04. The molecule has 2 heterocycles. The normalized spacial score (nSPS) is 11.3. The zero-order valence-electron chi connectivity index (χ0n) is 13.6. The van der Waals surface area contributed by atoms with E-state index in [0.717, 1.165) is 10.2 Å². The number of aromatic hydroxyl groups is 1. The number of halogens is 1. The Balaban J connectivity index is 1.89. The highest BCUT2D eigenvalue weighted by atomic mass is 35.5. The van der Waals surface area contributed by atoms with Gasteiger partial charge < -0.3 is 10.1 Å². The number of benzene rings is 2. The fourth-order valence-electron chi connectivity index (χ4n) is 3.01. The number of fused-ring (bicyclic) bond motifs is 2. The summed E-state index contributed by atoms with van der Waals surface area (Å²) in [6.07, 6.45) is 0.555. The number of nitrogens with zero attached hydrogens (tertiary/aromatic N) is 2. The van der Waals surface area contributed by atoms with Crippen LogP contribution in [0.3, 0.4) is 0 Å². The van der Waals surface area contributed by atoms with E-state index in [0.29, 0.717) is 22.3 Å². The lowest BCUT2D eigenvalue weighted by atomic mass is 10.1. The van der Waals surface area contributed by atoms with Crippen molar-refractivity contribution in [3.05, 3.63) is 79.7 Å². The molecule has 26 heavy (non-hydrogen) atoms. The molecule has 7 heteroatoms. The number of aryl methyl sites for hydroxylation is 2. The Kier molecular flexibility index (Phi) is 3.97. The van der Waals surface area contributed by atoms with Crippen molar-refractivity contribution in [2.24, 2.45) is 0 Å². The Bertz CT molecular complexity index is 1250. The SMILES string of the molecule is O=c1c2ccc(Cl)cc2[nH]c2c(O)nn(CCc3ccccc3)c(=O)c12. The molecule has 0 atom stereocenters. The molecule has 4 rings (SSSR count). The molecule has 0 aliphatic heterocycles. The van der Waals surface area contributed by atoms with Crippen molar-refractivity contribution in [3.8, 4) is 5.88 Å². The molecule has 2 N–H and O–H groups in total. The average molecular weight is 368 g/mol. The third kappa shape index (κ3) is 2.74. The maximum Gasteiger partial charge on any atom is 0.280 e. The fourth-order valence-corrected chi connectivity index (χ4v) is 3.18. The van der Waals surface area contributed by atoms with Gasteiger partial charge in [0.1, 0.15) is 10.9 Å². The van der Waals surface area contributed by atoms with Crippen LogP contribution in [0.2, 0.25) is 5.02 Å². The number of aromatic amines is 1. The van der Waals surface area contributed by atoms with Crippen molar-refractivity contribution < 1.29 is 5.11 Å². The fraction of sp³-hybridized carbons (Fsp3) is 0.105. The van der Waals surface area contributed by atoms with Gasteiger partial charge in [-0.05, 0) is 30.2 Å². The van der Waals surface area contributed by atoms with Gasteiger partial charge in [-0.1, -0.05) is 41.9 Å². The zero-order chi connectivity index (χ0) is 18.3. The van der Waals surface area contributed by atoms with Crippen molar-refractivity contribution in [1.29, 1.82) is 0 Å². The highest BCUT2D eigenvalue weighted by Crippen LogP contribution is 2.21. The summed E-state index contributed by atoms with van der Waals surface area (Å²) in [5, 5.41) is 14.9. The van der Waals surface area contributed by atoms with E-state index in [1.54, 1.807) is 18.2 Å². The molecule has 2 aromatic carbocycles. The molecule has 0 spiro atoms. The van der Waals surface area contributed by atoms with Crippen molar-refractivity contribution in [1.82, 2.24) is 14.8 Å². The largest absolute Gasteiger partial charge is 0.491 e. The molecular formula is C19H14ClN3O3. The minimum Gasteiger partial charge on any atom is -0.491 e. The zero-order valence-corrected chi connectivity index (χ0v) is 14.3. The summed E-state index contributed by atoms with van der Waals surface area (Å²) in [5.74, 6) is -0.397. The molecular weight excluding hydrogens is 354 g/mol. The van der Waals surface area contributed by atoms with Crippen LogP contribution in [0.5, 0.6) is 5.88 Å². The molecule has 0 aliphatic rings. The van der Waals surface area contributed by atoms with Crippen LogP contribution in [0.25, 0.3) is 21.8 Å². The standard InChI is InChI=1S/C19H14ClN3O3/c20-12-6-7-13-14(10-12)21-16-15(17(13)24)19(26)23(22-18(16)25)9-8-11-4-2-1-3-5-11/h1-7,10H,8-9H2,(H,21,24)(H,22,25). The first-order chi connectivity index (χ1) is 12.5. The summed E-state index contributed by atoms with van der Waals surface area (Å²) in [7, 11) is 0. The van der Waals surface area contributed by atoms with Crippen LogP contribution >= 0.6 is 11.6 Å². The van der Waals surface area contributed by atoms with Crippen LogP contribution in [0.1, 0.15) is 5.56 Å². The summed E-state index contributed by atoms with van der Waals surface area (Å²) in [6, 6.07) is 14.3. The van der Waals surface area contributed by atoms with E-state index in [-0.39, 0.29) is 17.4 Å². The van der Waals surface area contributed by atoms with Crippen LogP contribution in [0.15, 0.2) is 58.1 Å². The number of H-pyrrole nitrogens is 1. The Labute approximate surface area is 152 Å². The summed E-state index contributed by atoms with van der Waals surface area (Å²) in [6.45, 7) is 0.254. The summed E-state index contributed by atoms with van der Waals surface area (Å²) >= 11 is 5.95. The average Bonchev–Trinajstić information content (AvgIpc) is 2.64. The van der Waals surface area contributed by atoms with Gasteiger partial charge in [0.2, 0.25) is 5.43 Å². The van der Waals surface area contributed by atoms with E-state index >= 15 is 0 Å². The summed E-state index contributed by atoms with van der Waals surface area (Å²) in [5.41, 5.74) is 0.496. The van der Waals surface area contributed by atoms with Gasteiger partial charge in [0.15, 0.2) is 0 Å². The third-order valence-corrected chi connectivity index (χ3v) is 4.54. The molecule has 0 bridgehead atoms. The first kappa shape index (κ1) is 16.4. The molecule has 0 aliphatic carbocycles. The van der Waals surface area contributed by atoms with Gasteiger partial charge in [-0.3, -0.25) is 9.59 Å². The van der Waals surface area contributed by atoms with Gasteiger partial charge in [-0.25, -0.2) is 4.68 Å². The van der Waals surface area contributed by atoms with Gasteiger partial charge in [0.25, 0.3) is 11.4 Å². The second-order valence-electron chi connectivity index (χ2n) is 5.98. The molecule has 0 unspecified atom stereocenters. The molecule has 6 nitrogen and oxygen atoms in total. The van der Waals surface area contributed by atoms with Crippen LogP contribution < -0.4 is 11.0 Å². The second kappa shape index (κ2) is 6.31. The van der Waals surface area contributed by atoms with Crippen molar-refractivity contribution in [2.45, 2.75) is 13.0 Å². The van der Waals surface area contributed by atoms with Crippen LogP contribution in [-0.2, 0) is 13.0 Å². The number of aromatic nitrogens is 3. The van der Waals surface area contributed by atoms with Crippen LogP contribution in [0, 0.1) is 0 Å². The lowest BCUT2D eigenvalue weighted by molar-refractivity contribution is 0.425. The highest BCUT2D eigenvalue weighted by molar-refractivity contribution is 6.31. The molecule has 0 amide bonds. The molecule has 0 fully saturated rings. The molecule has 0 saturated heterocycles. The summed E-state index contributed by atoms with van der Waals surface area (Å²) in [4.78, 5) is 28.5. The van der Waals surface area contributed by atoms with Crippen LogP contribution in [0.4, 0.5) is 0 Å². The summed E-state index contributed by atoms with van der Waals surface area (Å²) < 4.78 is 1.13. The van der Waals surface area contributed by atoms with Gasteiger partial charge in [0, 0.05) is 17.0 Å². The molecule has 4 aromatic rings. The number of nitrogens with one attached hydrogen (secondary N) is 1. The second-order valence-corrected chi connectivity index (χ2v) is 6.42. The van der Waals surface area contributed by atoms with E-state index in [9.17, 15) is 14.7 Å². The molecule has 130 valence electrons. The number of rotatable bonds is 3. The van der Waals surface area contributed by atoms with E-state index in [2.05, 4.69) is 10.1 Å². The van der Waals surface area contributed by atoms with E-state index in [1.807, 2.05) is 30.3 Å². The predicted octanol–water partition coefficient (Wildman–Crippen LogP) is 2.84. The minimum absolute atomic E-state index is 0.0192. The lowest BCUT2D eigenvalue weighted by Crippen LogP contribution is -2.28. The molecule has 2 aromatic heterocycles. The van der Waals surface area contributed by atoms with Gasteiger partial charge in [0.05, 0.1) is 5.52 Å².